The van der Waals surface area contributed by atoms with Gasteiger partial charge in [-0.15, -0.1) is 0 Å². The molecule has 0 atom stereocenters. The summed E-state index contributed by atoms with van der Waals surface area (Å²) in [5.74, 6) is 2.71. The van der Waals surface area contributed by atoms with Gasteiger partial charge in [0.25, 0.3) is 0 Å². The molecule has 55 heavy (non-hydrogen) atoms. The van der Waals surface area contributed by atoms with Crippen LogP contribution in [-0.4, -0.2) is 119 Å². The fourth-order valence-corrected chi connectivity index (χ4v) is 6.68. The molecule has 0 unspecified atom stereocenters. The van der Waals surface area contributed by atoms with Crippen LogP contribution < -0.4 is 24.3 Å². The highest BCUT2D eigenvalue weighted by Crippen LogP contribution is 2.32. The molecule has 6 heterocycles. The van der Waals surface area contributed by atoms with E-state index in [4.69, 9.17) is 28.4 Å². The van der Waals surface area contributed by atoms with Crippen LogP contribution in [0.2, 0.25) is 0 Å². The number of pyridine rings is 2. The number of hydrogen-bond acceptors (Lipinski definition) is 12. The van der Waals surface area contributed by atoms with E-state index in [-0.39, 0.29) is 30.2 Å². The maximum Gasteiger partial charge on any atom is 0.410 e. The largest absolute Gasteiger partial charge is 0.489 e. The van der Waals surface area contributed by atoms with Crippen LogP contribution in [0.3, 0.4) is 0 Å². The van der Waals surface area contributed by atoms with Gasteiger partial charge in [-0.05, 0) is 80.3 Å². The van der Waals surface area contributed by atoms with Gasteiger partial charge in [0.05, 0.1) is 63.3 Å². The van der Waals surface area contributed by atoms with Gasteiger partial charge in [0.2, 0.25) is 5.91 Å². The number of nitrogens with zero attached hydrogens (tertiary/aromatic N) is 5. The summed E-state index contributed by atoms with van der Waals surface area (Å²) in [4.78, 5) is 51.7. The average molecular weight is 769 g/mol. The summed E-state index contributed by atoms with van der Waals surface area (Å²) in [5, 5.41) is 3.34. The first-order chi connectivity index (χ1) is 26.1. The number of nitrogens with one attached hydrogen (secondary N) is 1. The fraction of sp³-hybridized carbons (Fsp3) is 0.675. The summed E-state index contributed by atoms with van der Waals surface area (Å²) in [6.45, 7) is 19.0. The number of piperidine rings is 2. The van der Waals surface area contributed by atoms with Gasteiger partial charge in [0.1, 0.15) is 11.2 Å². The fourth-order valence-electron chi connectivity index (χ4n) is 6.68. The molecule has 0 spiro atoms. The number of hydrogen-bond donors (Lipinski definition) is 1. The van der Waals surface area contributed by atoms with Crippen LogP contribution >= 0.6 is 0 Å². The monoisotopic (exact) mass is 768 g/mol. The second kappa shape index (κ2) is 18.9. The number of carbonyl (C=O) groups is 3. The minimum Gasteiger partial charge on any atom is -0.489 e. The highest BCUT2D eigenvalue weighted by atomic mass is 16.6. The summed E-state index contributed by atoms with van der Waals surface area (Å²) >= 11 is 0. The van der Waals surface area contributed by atoms with Gasteiger partial charge in [0.15, 0.2) is 23.0 Å². The Morgan fingerprint density at radius 1 is 0.691 bits per heavy atom. The Hall–Kier alpha value is -4.53. The number of likely N-dealkylation sites (tertiary alicyclic amines) is 1. The smallest absolute Gasteiger partial charge is 0.410 e. The van der Waals surface area contributed by atoms with Gasteiger partial charge in [-0.25, -0.2) is 9.59 Å². The zero-order chi connectivity index (χ0) is 39.6. The first-order valence-corrected chi connectivity index (χ1v) is 19.6. The minimum absolute atomic E-state index is 0.0155. The Bertz CT molecular complexity index is 1600. The summed E-state index contributed by atoms with van der Waals surface area (Å²) in [6.07, 6.45) is 7.59. The molecule has 2 fully saturated rings. The number of aromatic nitrogens is 2. The highest BCUT2D eigenvalue weighted by Gasteiger charge is 2.33. The van der Waals surface area contributed by atoms with Gasteiger partial charge < -0.3 is 38.6 Å². The molecular formula is C40H60N6O9. The standard InChI is InChI=1S/C21H31N3O5.C19H29N3O4/c1-15(25)23-8-6-17(7-9-23)24(20(26)29-21(2,3)4)14-16-12-18-19(13-22-16)28-11-5-10-27-18;1-19(2,3)26-18(23)22(15-5-7-20-8-6-15)13-14-11-16-17(12-21-14)25-10-4-9-24-16/h12-13,17H,5-11,14H2,1-4H3;11-12,15,20H,4-10,13H2,1-3H3. The third kappa shape index (κ3) is 12.8. The molecule has 2 aromatic heterocycles. The van der Waals surface area contributed by atoms with Crippen LogP contribution in [0, 0.1) is 0 Å². The normalized spacial score (nSPS) is 17.8. The Kier molecular flexibility index (Phi) is 14.3. The van der Waals surface area contributed by atoms with E-state index in [0.717, 1.165) is 44.5 Å². The van der Waals surface area contributed by atoms with Crippen LogP contribution in [0.1, 0.15) is 98.4 Å². The molecule has 4 aliphatic rings. The Balaban J connectivity index is 0.000000212. The van der Waals surface area contributed by atoms with Crippen molar-refractivity contribution in [2.75, 3.05) is 52.6 Å². The molecule has 15 nitrogen and oxygen atoms in total. The van der Waals surface area contributed by atoms with Gasteiger partial charge in [-0.3, -0.25) is 24.6 Å². The molecule has 0 saturated carbocycles. The lowest BCUT2D eigenvalue weighted by Crippen LogP contribution is -2.49. The molecule has 0 bridgehead atoms. The van der Waals surface area contributed by atoms with Crippen molar-refractivity contribution in [2.24, 2.45) is 0 Å². The minimum atomic E-state index is -0.590. The SMILES string of the molecule is CC(=O)N1CCC(N(Cc2cc3c(cn2)OCCCO3)C(=O)OC(C)(C)C)CC1.CC(C)(C)OC(=O)N(Cc1cc2c(cn1)OCCCO2)C1CCNCC1. The first-order valence-electron chi connectivity index (χ1n) is 19.6. The number of carbonyl (C=O) groups excluding carboxylic acids is 3. The Labute approximate surface area is 325 Å². The van der Waals surface area contributed by atoms with Crippen molar-refractivity contribution in [1.29, 1.82) is 0 Å². The number of rotatable bonds is 6. The Morgan fingerprint density at radius 2 is 1.09 bits per heavy atom. The van der Waals surface area contributed by atoms with E-state index in [1.54, 1.807) is 29.1 Å². The van der Waals surface area contributed by atoms with Crippen LogP contribution in [0.25, 0.3) is 0 Å². The van der Waals surface area contributed by atoms with Crippen molar-refractivity contribution in [3.63, 3.8) is 0 Å². The van der Waals surface area contributed by atoms with Gasteiger partial charge in [-0.2, -0.15) is 0 Å². The quantitative estimate of drug-likeness (QED) is 0.382. The van der Waals surface area contributed by atoms with E-state index in [1.807, 2.05) is 58.6 Å². The molecule has 0 aliphatic carbocycles. The third-order valence-corrected chi connectivity index (χ3v) is 9.40. The van der Waals surface area contributed by atoms with Crippen LogP contribution in [0.4, 0.5) is 9.59 Å². The maximum absolute atomic E-state index is 13.0. The zero-order valence-electron chi connectivity index (χ0n) is 33.7. The van der Waals surface area contributed by atoms with Crippen molar-refractivity contribution in [3.8, 4) is 23.0 Å². The van der Waals surface area contributed by atoms with Gasteiger partial charge in [0, 0.05) is 57.1 Å². The molecular weight excluding hydrogens is 708 g/mol. The van der Waals surface area contributed by atoms with Gasteiger partial charge in [-0.1, -0.05) is 0 Å². The van der Waals surface area contributed by atoms with Crippen molar-refractivity contribution >= 4 is 18.1 Å². The van der Waals surface area contributed by atoms with E-state index >= 15 is 0 Å². The lowest BCUT2D eigenvalue weighted by Gasteiger charge is -2.38. The first kappa shape index (κ1) is 41.6. The molecule has 3 amide bonds. The average Bonchev–Trinajstić information content (AvgIpc) is 3.52. The number of fused-ring (bicyclic) bond motifs is 2. The van der Waals surface area contributed by atoms with E-state index < -0.39 is 11.2 Å². The second-order valence-electron chi connectivity index (χ2n) is 16.3. The molecule has 6 rings (SSSR count). The van der Waals surface area contributed by atoms with E-state index in [0.29, 0.717) is 94.1 Å². The summed E-state index contributed by atoms with van der Waals surface area (Å²) in [6, 6.07) is 3.84. The Morgan fingerprint density at radius 3 is 1.49 bits per heavy atom. The zero-order valence-corrected chi connectivity index (χ0v) is 33.7. The molecule has 0 radical (unpaired) electrons. The summed E-state index contributed by atoms with van der Waals surface area (Å²) < 4.78 is 34.1. The predicted molar refractivity (Wildman–Crippen MR) is 204 cm³/mol. The van der Waals surface area contributed by atoms with Crippen molar-refractivity contribution in [3.05, 3.63) is 35.9 Å². The number of amides is 3. The van der Waals surface area contributed by atoms with Crippen molar-refractivity contribution < 1.29 is 42.8 Å². The number of ether oxygens (including phenoxy) is 6. The predicted octanol–water partition coefficient (Wildman–Crippen LogP) is 5.72. The van der Waals surface area contributed by atoms with E-state index in [1.165, 1.54) is 0 Å². The second-order valence-corrected chi connectivity index (χ2v) is 16.3. The van der Waals surface area contributed by atoms with Gasteiger partial charge >= 0.3 is 12.2 Å². The van der Waals surface area contributed by atoms with Crippen LogP contribution in [0.5, 0.6) is 23.0 Å². The topological polar surface area (TPSA) is 154 Å². The lowest BCUT2D eigenvalue weighted by atomic mass is 10.0. The lowest BCUT2D eigenvalue weighted by molar-refractivity contribution is -0.130. The van der Waals surface area contributed by atoms with Crippen LogP contribution in [0.15, 0.2) is 24.5 Å². The molecule has 2 aromatic rings. The molecule has 15 heteroatoms. The molecule has 4 aliphatic heterocycles. The van der Waals surface area contributed by atoms with E-state index in [2.05, 4.69) is 15.3 Å². The van der Waals surface area contributed by atoms with Crippen molar-refractivity contribution in [2.45, 2.75) is 123 Å². The van der Waals surface area contributed by atoms with Crippen molar-refractivity contribution in [1.82, 2.24) is 30.0 Å². The van der Waals surface area contributed by atoms with Crippen LogP contribution in [-0.2, 0) is 27.4 Å². The highest BCUT2D eigenvalue weighted by molar-refractivity contribution is 5.73. The maximum atomic E-state index is 13.0. The third-order valence-electron chi connectivity index (χ3n) is 9.40. The van der Waals surface area contributed by atoms with E-state index in [9.17, 15) is 14.4 Å². The molecule has 2 saturated heterocycles. The molecule has 1 N–H and O–H groups in total. The summed E-state index contributed by atoms with van der Waals surface area (Å²) in [7, 11) is 0. The molecule has 304 valence electrons. The summed E-state index contributed by atoms with van der Waals surface area (Å²) in [5.41, 5.74) is 0.376. The molecule has 0 aromatic carbocycles.